The Morgan fingerprint density at radius 1 is 1.67 bits per heavy atom. The lowest BCUT2D eigenvalue weighted by molar-refractivity contribution is -0.134. The molecule has 0 unspecified atom stereocenters. The number of rotatable bonds is 0. The van der Waals surface area contributed by atoms with Crippen LogP contribution in [0.25, 0.3) is 0 Å². The molecule has 0 aliphatic carbocycles. The van der Waals surface area contributed by atoms with Crippen molar-refractivity contribution in [3.63, 3.8) is 0 Å². The topological polar surface area (TPSA) is 113 Å². The molecule has 6 N–H and O–H groups in total. The molecule has 0 amide bonds. The van der Waals surface area contributed by atoms with Crippen LogP contribution in [-0.4, -0.2) is 16.9 Å². The first-order valence-corrected chi connectivity index (χ1v) is 2.01. The second-order valence-electron chi connectivity index (χ2n) is 1.10. The molecule has 0 fully saturated rings. The molecule has 0 heterocycles. The molecule has 0 aliphatic rings. The zero-order valence-electron chi connectivity index (χ0n) is 5.01. The van der Waals surface area contributed by atoms with Crippen LogP contribution in [0.2, 0.25) is 0 Å². The number of nitrogens with two attached hydrogens (primary N) is 2. The molecular formula is C4H9N3O2. The lowest BCUT2D eigenvalue weighted by Crippen LogP contribution is -2.07. The zero-order chi connectivity index (χ0) is 7.86. The number of hydrogen-bond acceptors (Lipinski definition) is 4. The minimum absolute atomic E-state index is 0.0787. The Bertz CT molecular complexity index is 129. The van der Waals surface area contributed by atoms with Crippen LogP contribution in [0.4, 0.5) is 0 Å². The number of hydrogen-bond donors (Lipinski definition) is 4. The molecule has 0 aromatic carbocycles. The maximum absolute atomic E-state index is 9.00. The van der Waals surface area contributed by atoms with E-state index in [-0.39, 0.29) is 5.82 Å². The van der Waals surface area contributed by atoms with Gasteiger partial charge in [0.2, 0.25) is 0 Å². The first kappa shape index (κ1) is 10.5. The SMILES string of the molecule is CC(=O)O.N=C=C(N)N. The quantitative estimate of drug-likeness (QED) is 0.318. The van der Waals surface area contributed by atoms with Crippen molar-refractivity contribution in [2.75, 3.05) is 0 Å². The molecule has 0 aliphatic heterocycles. The van der Waals surface area contributed by atoms with E-state index in [1.807, 2.05) is 0 Å². The van der Waals surface area contributed by atoms with Crippen molar-refractivity contribution >= 4 is 11.8 Å². The van der Waals surface area contributed by atoms with Crippen molar-refractivity contribution in [1.29, 1.82) is 5.41 Å². The Kier molecular flexibility index (Phi) is 7.60. The van der Waals surface area contributed by atoms with Gasteiger partial charge in [-0.2, -0.15) is 0 Å². The second kappa shape index (κ2) is 6.52. The molecule has 0 saturated carbocycles. The summed E-state index contributed by atoms with van der Waals surface area (Å²) in [4.78, 5) is 9.00. The number of carboxylic acid groups (broad SMARTS) is 1. The Labute approximate surface area is 52.5 Å². The molecule has 0 bridgehead atoms. The first-order chi connectivity index (χ1) is 4.00. The minimum Gasteiger partial charge on any atom is -0.481 e. The highest BCUT2D eigenvalue weighted by molar-refractivity contribution is 5.62. The van der Waals surface area contributed by atoms with Gasteiger partial charge in [-0.05, 0) is 0 Å². The van der Waals surface area contributed by atoms with Crippen LogP contribution in [0.15, 0.2) is 5.82 Å². The molecule has 0 saturated heterocycles. The van der Waals surface area contributed by atoms with E-state index in [9.17, 15) is 0 Å². The Balaban J connectivity index is 0. The van der Waals surface area contributed by atoms with Crippen molar-refractivity contribution in [2.45, 2.75) is 6.92 Å². The summed E-state index contributed by atoms with van der Waals surface area (Å²) in [5.41, 5.74) is 9.38. The van der Waals surface area contributed by atoms with E-state index in [0.717, 1.165) is 6.92 Å². The minimum atomic E-state index is -0.833. The van der Waals surface area contributed by atoms with Gasteiger partial charge in [0.05, 0.1) is 0 Å². The van der Waals surface area contributed by atoms with Crippen molar-refractivity contribution in [3.05, 3.63) is 5.82 Å². The first-order valence-electron chi connectivity index (χ1n) is 2.01. The molecule has 0 spiro atoms. The summed E-state index contributed by atoms with van der Waals surface area (Å²) in [6, 6.07) is 0. The van der Waals surface area contributed by atoms with Crippen LogP contribution in [0.3, 0.4) is 0 Å². The van der Waals surface area contributed by atoms with Gasteiger partial charge in [-0.3, -0.25) is 10.2 Å². The summed E-state index contributed by atoms with van der Waals surface area (Å²) in [5.74, 6) is 0.838. The highest BCUT2D eigenvalue weighted by Gasteiger charge is 1.65. The molecule has 52 valence electrons. The normalized spacial score (nSPS) is 5.89. The van der Waals surface area contributed by atoms with Crippen LogP contribution >= 0.6 is 0 Å². The van der Waals surface area contributed by atoms with Gasteiger partial charge in [0, 0.05) is 12.8 Å². The van der Waals surface area contributed by atoms with Gasteiger partial charge in [0.25, 0.3) is 5.97 Å². The van der Waals surface area contributed by atoms with E-state index in [2.05, 4.69) is 11.5 Å². The fraction of sp³-hybridized carbons (Fsp3) is 0.250. The van der Waals surface area contributed by atoms with Gasteiger partial charge in [0.15, 0.2) is 5.82 Å². The lowest BCUT2D eigenvalue weighted by Gasteiger charge is -1.71. The molecule has 0 atom stereocenters. The molecule has 0 rings (SSSR count). The largest absolute Gasteiger partial charge is 0.481 e. The van der Waals surface area contributed by atoms with Crippen molar-refractivity contribution in [2.24, 2.45) is 11.5 Å². The number of carboxylic acids is 1. The average molecular weight is 131 g/mol. The maximum Gasteiger partial charge on any atom is 0.300 e. The van der Waals surface area contributed by atoms with Crippen molar-refractivity contribution in [1.82, 2.24) is 0 Å². The van der Waals surface area contributed by atoms with Crippen LogP contribution in [0.5, 0.6) is 0 Å². The number of aliphatic carboxylic acids is 1. The molecule has 0 aromatic heterocycles. The van der Waals surface area contributed by atoms with E-state index in [0.29, 0.717) is 0 Å². The monoisotopic (exact) mass is 131 g/mol. The summed E-state index contributed by atoms with van der Waals surface area (Å²) in [6.07, 6.45) is 0. The van der Waals surface area contributed by atoms with Crippen LogP contribution < -0.4 is 11.5 Å². The Hall–Kier alpha value is -1.48. The standard InChI is InChI=1S/C2H5N3.C2H4O2/c3-1-2(4)5;1-2(3)4/h3H,4-5H2;1H3,(H,3,4). The van der Waals surface area contributed by atoms with Gasteiger partial charge in [-0.1, -0.05) is 0 Å². The third-order valence-electron chi connectivity index (χ3n) is 0.144. The Morgan fingerprint density at radius 3 is 1.78 bits per heavy atom. The summed E-state index contributed by atoms with van der Waals surface area (Å²) in [7, 11) is 0. The lowest BCUT2D eigenvalue weighted by atomic mass is 10.9. The van der Waals surface area contributed by atoms with Gasteiger partial charge in [-0.25, -0.2) is 0 Å². The third-order valence-corrected chi connectivity index (χ3v) is 0.144. The van der Waals surface area contributed by atoms with Crippen molar-refractivity contribution < 1.29 is 9.90 Å². The average Bonchev–Trinajstić information content (AvgIpc) is 1.65. The number of nitrogens with one attached hydrogen (secondary N) is 1. The van der Waals surface area contributed by atoms with E-state index in [4.69, 9.17) is 15.3 Å². The second-order valence-corrected chi connectivity index (χ2v) is 1.10. The third kappa shape index (κ3) is 493. The van der Waals surface area contributed by atoms with Gasteiger partial charge >= 0.3 is 0 Å². The van der Waals surface area contributed by atoms with Gasteiger partial charge in [0.1, 0.15) is 0 Å². The predicted octanol–water partition coefficient (Wildman–Crippen LogP) is -0.915. The van der Waals surface area contributed by atoms with Crippen LogP contribution in [0, 0.1) is 5.41 Å². The number of carbonyl (C=O) groups is 1. The Morgan fingerprint density at radius 2 is 1.78 bits per heavy atom. The molecule has 9 heavy (non-hydrogen) atoms. The maximum atomic E-state index is 9.00. The van der Waals surface area contributed by atoms with Crippen LogP contribution in [-0.2, 0) is 4.79 Å². The summed E-state index contributed by atoms with van der Waals surface area (Å²) >= 11 is 0. The smallest absolute Gasteiger partial charge is 0.300 e. The summed E-state index contributed by atoms with van der Waals surface area (Å²) < 4.78 is 0. The van der Waals surface area contributed by atoms with E-state index < -0.39 is 5.97 Å². The van der Waals surface area contributed by atoms with E-state index in [1.165, 1.54) is 0 Å². The molecule has 0 aromatic rings. The fourth-order valence-corrected chi connectivity index (χ4v) is 0. The van der Waals surface area contributed by atoms with Gasteiger partial charge < -0.3 is 16.6 Å². The molecular weight excluding hydrogens is 122 g/mol. The van der Waals surface area contributed by atoms with Gasteiger partial charge in [-0.15, -0.1) is 0 Å². The highest BCUT2D eigenvalue weighted by atomic mass is 16.4. The highest BCUT2D eigenvalue weighted by Crippen LogP contribution is 1.42. The molecule has 5 nitrogen and oxygen atoms in total. The van der Waals surface area contributed by atoms with E-state index in [1.54, 1.807) is 5.87 Å². The summed E-state index contributed by atoms with van der Waals surface area (Å²) in [5, 5.41) is 13.5. The fourth-order valence-electron chi connectivity index (χ4n) is 0. The zero-order valence-corrected chi connectivity index (χ0v) is 5.01. The summed E-state index contributed by atoms with van der Waals surface area (Å²) in [6.45, 7) is 1.08. The predicted molar refractivity (Wildman–Crippen MR) is 32.9 cm³/mol. The molecule has 0 radical (unpaired) electrons. The molecule has 5 heteroatoms. The van der Waals surface area contributed by atoms with E-state index >= 15 is 0 Å². The van der Waals surface area contributed by atoms with Crippen LogP contribution in [0.1, 0.15) is 6.92 Å². The van der Waals surface area contributed by atoms with Crippen molar-refractivity contribution in [3.8, 4) is 0 Å².